The molecular weight excluding hydrogens is 284 g/mol. The van der Waals surface area contributed by atoms with Gasteiger partial charge in [-0.2, -0.15) is 4.99 Å². The summed E-state index contributed by atoms with van der Waals surface area (Å²) in [4.78, 5) is 16.1. The van der Waals surface area contributed by atoms with Crippen LogP contribution in [0.5, 0.6) is 0 Å². The predicted octanol–water partition coefficient (Wildman–Crippen LogP) is 3.63. The van der Waals surface area contributed by atoms with Crippen molar-refractivity contribution in [2.24, 2.45) is 15.0 Å². The largest absolute Gasteiger partial charge is 0.355 e. The lowest BCUT2D eigenvalue weighted by Crippen LogP contribution is -1.84. The summed E-state index contributed by atoms with van der Waals surface area (Å²) < 4.78 is 0. The van der Waals surface area contributed by atoms with E-state index in [2.05, 4.69) is 31.6 Å². The van der Waals surface area contributed by atoms with Crippen molar-refractivity contribution in [3.63, 3.8) is 0 Å². The van der Waals surface area contributed by atoms with Crippen molar-refractivity contribution in [3.8, 4) is 0 Å². The third kappa shape index (κ3) is 3.09. The molecule has 0 radical (unpaired) electrons. The molecule has 0 unspecified atom stereocenters. The van der Waals surface area contributed by atoms with E-state index in [0.29, 0.717) is 0 Å². The second-order valence-corrected chi connectivity index (χ2v) is 5.10. The maximum Gasteiger partial charge on any atom is 0.0842 e. The number of nitrogens with zero attached hydrogens (tertiary/aromatic N) is 3. The summed E-state index contributed by atoms with van der Waals surface area (Å²) in [6.45, 7) is 0. The molecule has 0 aromatic carbocycles. The van der Waals surface area contributed by atoms with E-state index in [0.717, 1.165) is 34.2 Å². The van der Waals surface area contributed by atoms with Gasteiger partial charge < -0.3 is 4.98 Å². The third-order valence-electron chi connectivity index (χ3n) is 3.36. The summed E-state index contributed by atoms with van der Waals surface area (Å²) in [5.74, 6) is 2.66. The minimum Gasteiger partial charge on any atom is -0.355 e. The second-order valence-electron chi connectivity index (χ2n) is 5.10. The number of aromatic nitrogens is 1. The minimum absolute atomic E-state index is 0.814. The predicted molar refractivity (Wildman–Crippen MR) is 94.6 cm³/mol. The minimum atomic E-state index is 0.814. The van der Waals surface area contributed by atoms with E-state index in [9.17, 15) is 0 Å². The lowest BCUT2D eigenvalue weighted by Gasteiger charge is -1.92. The highest BCUT2D eigenvalue weighted by molar-refractivity contribution is 6.08. The normalized spacial score (nSPS) is 22.6. The van der Waals surface area contributed by atoms with Crippen LogP contribution in [0.4, 0.5) is 0 Å². The molecule has 108 valence electrons. The molecule has 1 aromatic rings. The van der Waals surface area contributed by atoms with Crippen LogP contribution in [0.1, 0.15) is 11.4 Å². The van der Waals surface area contributed by atoms with Crippen LogP contribution in [0.25, 0.3) is 12.2 Å². The van der Waals surface area contributed by atoms with Crippen molar-refractivity contribution in [1.82, 2.24) is 4.98 Å². The Labute approximate surface area is 133 Å². The molecular formula is C19H12N4. The summed E-state index contributed by atoms with van der Waals surface area (Å²) >= 11 is 0. The van der Waals surface area contributed by atoms with E-state index in [4.69, 9.17) is 0 Å². The Bertz CT molecular complexity index is 942. The fourth-order valence-corrected chi connectivity index (χ4v) is 2.33. The Kier molecular flexibility index (Phi) is 3.30. The topological polar surface area (TPSA) is 52.9 Å². The number of allylic oxidation sites excluding steroid dienone is 6. The lowest BCUT2D eigenvalue weighted by atomic mass is 10.3. The molecule has 3 aliphatic heterocycles. The van der Waals surface area contributed by atoms with E-state index in [1.807, 2.05) is 54.7 Å². The van der Waals surface area contributed by atoms with Gasteiger partial charge in [-0.1, -0.05) is 0 Å². The summed E-state index contributed by atoms with van der Waals surface area (Å²) in [5, 5.41) is 0. The molecule has 0 saturated heterocycles. The van der Waals surface area contributed by atoms with Gasteiger partial charge in [-0.15, -0.1) is 0 Å². The SMILES string of the molecule is C1=C=NC(=CC2=NC(=Cc3ccc(C=C4C=CC=N4)[nH]3)C=C2)C=1. The van der Waals surface area contributed by atoms with E-state index in [1.165, 1.54) is 0 Å². The van der Waals surface area contributed by atoms with Crippen LogP contribution in [0.3, 0.4) is 0 Å². The molecule has 4 heteroatoms. The molecule has 0 atom stereocenters. The first kappa shape index (κ1) is 13.2. The van der Waals surface area contributed by atoms with Crippen LogP contribution < -0.4 is 0 Å². The molecule has 0 aliphatic carbocycles. The van der Waals surface area contributed by atoms with Gasteiger partial charge in [0.1, 0.15) is 0 Å². The first-order valence-corrected chi connectivity index (χ1v) is 7.21. The smallest absolute Gasteiger partial charge is 0.0842 e. The van der Waals surface area contributed by atoms with Gasteiger partial charge in [0.25, 0.3) is 0 Å². The van der Waals surface area contributed by atoms with Gasteiger partial charge in [-0.3, -0.25) is 4.99 Å². The zero-order valence-corrected chi connectivity index (χ0v) is 12.2. The van der Waals surface area contributed by atoms with Crippen molar-refractivity contribution in [3.05, 3.63) is 82.8 Å². The van der Waals surface area contributed by atoms with E-state index < -0.39 is 0 Å². The molecule has 0 spiro atoms. The Morgan fingerprint density at radius 1 is 0.913 bits per heavy atom. The van der Waals surface area contributed by atoms with E-state index in [-0.39, 0.29) is 0 Å². The molecule has 0 saturated carbocycles. The maximum absolute atomic E-state index is 4.54. The highest BCUT2D eigenvalue weighted by Crippen LogP contribution is 2.17. The molecule has 4 nitrogen and oxygen atoms in total. The molecule has 4 heterocycles. The molecule has 0 fully saturated rings. The summed E-state index contributed by atoms with van der Waals surface area (Å²) in [5.41, 5.74) is 8.34. The van der Waals surface area contributed by atoms with Crippen molar-refractivity contribution in [2.75, 3.05) is 0 Å². The highest BCUT2D eigenvalue weighted by Gasteiger charge is 2.04. The van der Waals surface area contributed by atoms with E-state index in [1.54, 1.807) is 12.3 Å². The Morgan fingerprint density at radius 3 is 2.52 bits per heavy atom. The van der Waals surface area contributed by atoms with Crippen molar-refractivity contribution >= 4 is 29.9 Å². The van der Waals surface area contributed by atoms with Crippen LogP contribution in [0, 0.1) is 0 Å². The van der Waals surface area contributed by atoms with Gasteiger partial charge in [-0.25, -0.2) is 4.99 Å². The van der Waals surface area contributed by atoms with Gasteiger partial charge in [-0.05, 0) is 60.4 Å². The number of H-pyrrole nitrogens is 1. The fourth-order valence-electron chi connectivity index (χ4n) is 2.33. The molecule has 0 bridgehead atoms. The van der Waals surface area contributed by atoms with Gasteiger partial charge in [0, 0.05) is 29.5 Å². The standard InChI is InChI=1S/C19H12N4/c1-3-14(20-9-1)11-16-5-7-18(22-16)13-19-8-6-17(23-19)12-15-4-2-10-21-15/h1,3-9,11-13,22H. The number of aliphatic imine (C=N–C) groups is 3. The highest BCUT2D eigenvalue weighted by atomic mass is 14.8. The average molecular weight is 296 g/mol. The molecule has 1 aromatic heterocycles. The number of hydrogen-bond acceptors (Lipinski definition) is 3. The lowest BCUT2D eigenvalue weighted by molar-refractivity contribution is 1.32. The zero-order valence-electron chi connectivity index (χ0n) is 12.2. The van der Waals surface area contributed by atoms with Gasteiger partial charge in [0.15, 0.2) is 0 Å². The summed E-state index contributed by atoms with van der Waals surface area (Å²) in [7, 11) is 0. The molecule has 4 rings (SSSR count). The number of aromatic amines is 1. The Hall–Kier alpha value is -3.45. The van der Waals surface area contributed by atoms with E-state index >= 15 is 0 Å². The van der Waals surface area contributed by atoms with Crippen molar-refractivity contribution < 1.29 is 0 Å². The molecule has 23 heavy (non-hydrogen) atoms. The van der Waals surface area contributed by atoms with Crippen LogP contribution in [-0.2, 0) is 0 Å². The number of rotatable bonds is 3. The Balaban J connectivity index is 1.52. The molecule has 1 N–H and O–H groups in total. The van der Waals surface area contributed by atoms with Crippen LogP contribution >= 0.6 is 0 Å². The van der Waals surface area contributed by atoms with Gasteiger partial charge in [0.05, 0.1) is 22.8 Å². The summed E-state index contributed by atoms with van der Waals surface area (Å²) in [6.07, 6.45) is 17.3. The Morgan fingerprint density at radius 2 is 1.78 bits per heavy atom. The van der Waals surface area contributed by atoms with Crippen LogP contribution in [0.2, 0.25) is 0 Å². The zero-order chi connectivity index (χ0) is 15.5. The van der Waals surface area contributed by atoms with Crippen LogP contribution in [0.15, 0.2) is 86.4 Å². The van der Waals surface area contributed by atoms with Crippen molar-refractivity contribution in [1.29, 1.82) is 0 Å². The molecule has 3 aliphatic rings. The average Bonchev–Trinajstić information content (AvgIpc) is 3.31. The first-order valence-electron chi connectivity index (χ1n) is 7.21. The second kappa shape index (κ2) is 5.74. The molecule has 0 amide bonds. The summed E-state index contributed by atoms with van der Waals surface area (Å²) in [6, 6.07) is 4.05. The number of hydrogen-bond donors (Lipinski definition) is 1. The fraction of sp³-hybridized carbons (Fsp3) is 0. The monoisotopic (exact) mass is 296 g/mol. The maximum atomic E-state index is 4.54. The van der Waals surface area contributed by atoms with Crippen LogP contribution in [-0.4, -0.2) is 22.8 Å². The quantitative estimate of drug-likeness (QED) is 0.828. The third-order valence-corrected chi connectivity index (χ3v) is 3.36. The first-order chi connectivity index (χ1) is 11.3. The number of nitrogens with one attached hydrogen (secondary N) is 1. The van der Waals surface area contributed by atoms with Crippen molar-refractivity contribution in [2.45, 2.75) is 0 Å². The van der Waals surface area contributed by atoms with Gasteiger partial charge >= 0.3 is 0 Å². The van der Waals surface area contributed by atoms with Gasteiger partial charge in [0.2, 0.25) is 0 Å².